The Morgan fingerprint density at radius 3 is 2.23 bits per heavy atom. The summed E-state index contributed by atoms with van der Waals surface area (Å²) in [6.45, 7) is 2.93. The molecule has 0 saturated heterocycles. The van der Waals surface area contributed by atoms with Crippen molar-refractivity contribution in [2.24, 2.45) is 5.92 Å². The first kappa shape index (κ1) is 31.8. The third-order valence-corrected chi connectivity index (χ3v) is 8.92. The average Bonchev–Trinajstić information content (AvgIpc) is 3.15. The summed E-state index contributed by atoms with van der Waals surface area (Å²) in [6.07, 6.45) is -10.5. The maximum Gasteiger partial charge on any atom is 0.400 e. The normalized spacial score (nSPS) is 20.6. The number of nitrogens with one attached hydrogen (secondary N) is 1. The van der Waals surface area contributed by atoms with E-state index in [4.69, 9.17) is 0 Å². The summed E-state index contributed by atoms with van der Waals surface area (Å²) in [6, 6.07) is 2.59. The number of alkyl halides is 6. The first-order chi connectivity index (χ1) is 18.3. The van der Waals surface area contributed by atoms with E-state index in [0.717, 1.165) is 18.4 Å². The zero-order valence-corrected chi connectivity index (χ0v) is 22.8. The summed E-state index contributed by atoms with van der Waals surface area (Å²) in [4.78, 5) is 17.2. The van der Waals surface area contributed by atoms with Crippen LogP contribution in [-0.2, 0) is 22.7 Å². The topological polar surface area (TPSA) is 101 Å². The number of aryl methyl sites for hydroxylation is 1. The van der Waals surface area contributed by atoms with Crippen LogP contribution in [0.1, 0.15) is 60.2 Å². The Kier molecular flexibility index (Phi) is 9.00. The predicted molar refractivity (Wildman–Crippen MR) is 131 cm³/mol. The molecule has 3 rings (SSSR count). The molecule has 15 heteroatoms. The molecule has 0 unspecified atom stereocenters. The van der Waals surface area contributed by atoms with Gasteiger partial charge in [-0.1, -0.05) is 13.0 Å². The lowest BCUT2D eigenvalue weighted by Gasteiger charge is -2.35. The van der Waals surface area contributed by atoms with Gasteiger partial charge >= 0.3 is 12.4 Å². The van der Waals surface area contributed by atoms with Gasteiger partial charge in [0.05, 0.1) is 22.2 Å². The molecule has 0 aliphatic heterocycles. The van der Waals surface area contributed by atoms with Crippen molar-refractivity contribution in [3.05, 3.63) is 46.8 Å². The minimum Gasteiger partial charge on any atom is -0.388 e. The molecule has 0 bridgehead atoms. The van der Waals surface area contributed by atoms with Crippen LogP contribution >= 0.6 is 0 Å². The van der Waals surface area contributed by atoms with E-state index < -0.39 is 62.7 Å². The van der Waals surface area contributed by atoms with Crippen LogP contribution < -0.4 is 5.32 Å². The molecule has 1 fully saturated rings. The third kappa shape index (κ3) is 7.14. The summed E-state index contributed by atoms with van der Waals surface area (Å²) >= 11 is 0. The number of sulfone groups is 1. The Hall–Kier alpha value is -2.68. The number of carbonyl (C=O) groups is 1. The first-order valence-electron chi connectivity index (χ1n) is 12.5. The fourth-order valence-electron chi connectivity index (χ4n) is 4.90. The number of carbonyl (C=O) groups excluding carboxylic acids is 1. The second-order valence-electron chi connectivity index (χ2n) is 10.2. The molecule has 1 aliphatic rings. The number of hydrogen-bond donors (Lipinski definition) is 2. The van der Waals surface area contributed by atoms with Crippen molar-refractivity contribution in [2.45, 2.75) is 75.6 Å². The highest BCUT2D eigenvalue weighted by Crippen LogP contribution is 2.41. The van der Waals surface area contributed by atoms with Gasteiger partial charge in [-0.25, -0.2) is 17.8 Å². The van der Waals surface area contributed by atoms with Gasteiger partial charge in [0.2, 0.25) is 0 Å². The Balaban J connectivity index is 1.81. The van der Waals surface area contributed by atoms with E-state index in [1.165, 1.54) is 11.5 Å². The van der Waals surface area contributed by atoms with Crippen molar-refractivity contribution in [3.8, 4) is 5.69 Å². The van der Waals surface area contributed by atoms with Crippen molar-refractivity contribution in [3.63, 3.8) is 0 Å². The van der Waals surface area contributed by atoms with Crippen LogP contribution in [0.2, 0.25) is 0 Å². The molecule has 1 amide bonds. The van der Waals surface area contributed by atoms with Gasteiger partial charge in [-0.2, -0.15) is 26.3 Å². The fourth-order valence-corrected chi connectivity index (χ4v) is 6.00. The van der Waals surface area contributed by atoms with Crippen LogP contribution in [0.3, 0.4) is 0 Å². The van der Waals surface area contributed by atoms with Crippen LogP contribution in [0.4, 0.5) is 30.7 Å². The van der Waals surface area contributed by atoms with E-state index in [0.29, 0.717) is 6.07 Å². The third-order valence-electron chi connectivity index (χ3n) is 7.24. The van der Waals surface area contributed by atoms with E-state index in [2.05, 4.69) is 10.3 Å². The number of hydrogen-bond acceptors (Lipinski definition) is 5. The molecule has 2 aromatic rings. The smallest absolute Gasteiger partial charge is 0.388 e. The summed E-state index contributed by atoms with van der Waals surface area (Å²) in [5.74, 6) is -5.23. The molecule has 224 valence electrons. The number of nitrogens with zero attached hydrogens (tertiary/aromatic N) is 2. The SMILES string of the molecule is CCc1nc(C(=O)NC[C@]2(O)CC[C@@H](S(C)(=O)=O)CC2)c(C)n1-c1ccc(CC(C(F)(F)F)C(F)(F)F)cc1F. The van der Waals surface area contributed by atoms with Crippen molar-refractivity contribution in [1.29, 1.82) is 0 Å². The second-order valence-corrected chi connectivity index (χ2v) is 12.5. The van der Waals surface area contributed by atoms with Gasteiger partial charge < -0.3 is 10.4 Å². The van der Waals surface area contributed by atoms with Crippen molar-refractivity contribution < 1.29 is 49.1 Å². The Bertz CT molecular complexity index is 1330. The lowest BCUT2D eigenvalue weighted by Crippen LogP contribution is -2.47. The van der Waals surface area contributed by atoms with Gasteiger partial charge in [0.1, 0.15) is 27.2 Å². The molecule has 0 atom stereocenters. The van der Waals surface area contributed by atoms with Crippen LogP contribution in [0.15, 0.2) is 18.2 Å². The number of halogens is 7. The summed E-state index contributed by atoms with van der Waals surface area (Å²) < 4.78 is 117. The minimum absolute atomic E-state index is 0.108. The quantitative estimate of drug-likeness (QED) is 0.431. The number of benzene rings is 1. The van der Waals surface area contributed by atoms with E-state index in [-0.39, 0.29) is 61.5 Å². The molecule has 1 aromatic carbocycles. The predicted octanol–water partition coefficient (Wildman–Crippen LogP) is 4.61. The van der Waals surface area contributed by atoms with Gasteiger partial charge in [-0.3, -0.25) is 9.36 Å². The molecule has 1 heterocycles. The molecule has 2 N–H and O–H groups in total. The van der Waals surface area contributed by atoms with E-state index >= 15 is 4.39 Å². The molecule has 1 aromatic heterocycles. The Morgan fingerprint density at radius 2 is 1.75 bits per heavy atom. The zero-order valence-electron chi connectivity index (χ0n) is 22.0. The molecule has 0 spiro atoms. The van der Waals surface area contributed by atoms with Gasteiger partial charge in [-0.05, 0) is 56.7 Å². The van der Waals surface area contributed by atoms with Crippen molar-refractivity contribution in [1.82, 2.24) is 14.9 Å². The van der Waals surface area contributed by atoms with Crippen LogP contribution in [0, 0.1) is 18.7 Å². The van der Waals surface area contributed by atoms with Crippen molar-refractivity contribution in [2.75, 3.05) is 12.8 Å². The molecule has 7 nitrogen and oxygen atoms in total. The lowest BCUT2D eigenvalue weighted by atomic mass is 9.84. The number of aromatic nitrogens is 2. The second kappa shape index (κ2) is 11.3. The molecule has 40 heavy (non-hydrogen) atoms. The van der Waals surface area contributed by atoms with E-state index in [1.54, 1.807) is 6.92 Å². The highest BCUT2D eigenvalue weighted by molar-refractivity contribution is 7.91. The summed E-state index contributed by atoms with van der Waals surface area (Å²) in [5.41, 5.74) is -1.99. The number of imidazole rings is 1. The highest BCUT2D eigenvalue weighted by Gasteiger charge is 2.56. The van der Waals surface area contributed by atoms with Crippen LogP contribution in [0.5, 0.6) is 0 Å². The average molecular weight is 602 g/mol. The fraction of sp³-hybridized carbons (Fsp3) is 0.600. The molecular formula is C25H30F7N3O4S. The number of rotatable bonds is 8. The molecule has 1 aliphatic carbocycles. The maximum absolute atomic E-state index is 15.1. The molecule has 1 saturated carbocycles. The lowest BCUT2D eigenvalue weighted by molar-refractivity contribution is -0.283. The van der Waals surface area contributed by atoms with Crippen LogP contribution in [0.25, 0.3) is 5.69 Å². The monoisotopic (exact) mass is 601 g/mol. The van der Waals surface area contributed by atoms with Gasteiger partial charge in [0.15, 0.2) is 5.92 Å². The Labute approximate surface area is 226 Å². The van der Waals surface area contributed by atoms with E-state index in [1.807, 2.05) is 0 Å². The number of aliphatic hydroxyl groups is 1. The summed E-state index contributed by atoms with van der Waals surface area (Å²) in [7, 11) is -3.25. The maximum atomic E-state index is 15.1. The van der Waals surface area contributed by atoms with Gasteiger partial charge in [0, 0.05) is 19.2 Å². The Morgan fingerprint density at radius 1 is 1.18 bits per heavy atom. The zero-order chi connectivity index (χ0) is 30.3. The van der Waals surface area contributed by atoms with Crippen molar-refractivity contribution >= 4 is 15.7 Å². The van der Waals surface area contributed by atoms with Gasteiger partial charge in [-0.15, -0.1) is 0 Å². The minimum atomic E-state index is -5.56. The molecular weight excluding hydrogens is 571 g/mol. The van der Waals surface area contributed by atoms with E-state index in [9.17, 15) is 44.7 Å². The largest absolute Gasteiger partial charge is 0.400 e. The first-order valence-corrected chi connectivity index (χ1v) is 14.4. The standard InChI is InChI=1S/C25H30F7N3O4S/c1-4-20-34-21(22(36)33-13-23(37)9-7-16(8-10-23)40(3,38)39)14(2)35(20)18-6-5-15(11-17(18)26)12-19(24(27,28)29)25(30,31)32/h5-6,11,16,19,37H,4,7-10,12-13H2,1-3H3,(H,33,36)/t16-,23+. The molecule has 0 radical (unpaired) electrons. The van der Waals surface area contributed by atoms with Crippen LogP contribution in [-0.4, -0.2) is 65.0 Å². The highest BCUT2D eigenvalue weighted by atomic mass is 32.2. The number of amides is 1. The summed E-state index contributed by atoms with van der Waals surface area (Å²) in [5, 5.41) is 12.8. The van der Waals surface area contributed by atoms with Gasteiger partial charge in [0.25, 0.3) is 5.91 Å².